The second-order valence-electron chi connectivity index (χ2n) is 6.66. The first-order valence-electron chi connectivity index (χ1n) is 8.37. The first-order chi connectivity index (χ1) is 9.45. The molecule has 0 atom stereocenters. The number of unbranched alkanes of at least 4 members (excludes halogenated alkanes) is 9. The van der Waals surface area contributed by atoms with Crippen LogP contribution < -0.4 is 5.73 Å². The molecule has 0 aromatic heterocycles. The van der Waals surface area contributed by atoms with Gasteiger partial charge in [0.05, 0.1) is 0 Å². The second kappa shape index (κ2) is 12.2. The third kappa shape index (κ3) is 15.5. The number of ether oxygens (including phenoxy) is 1. The van der Waals surface area contributed by atoms with Crippen LogP contribution >= 0.6 is 0 Å². The van der Waals surface area contributed by atoms with Gasteiger partial charge in [0.15, 0.2) is 0 Å². The molecule has 0 rings (SSSR count). The molecule has 0 spiro atoms. The molecule has 0 heterocycles. The van der Waals surface area contributed by atoms with Gasteiger partial charge in [-0.05, 0) is 40.2 Å². The van der Waals surface area contributed by atoms with Gasteiger partial charge in [-0.1, -0.05) is 51.4 Å². The fourth-order valence-corrected chi connectivity index (χ4v) is 2.22. The van der Waals surface area contributed by atoms with Crippen LogP contribution in [0.15, 0.2) is 0 Å². The van der Waals surface area contributed by atoms with E-state index in [-0.39, 0.29) is 11.6 Å². The van der Waals surface area contributed by atoms with Crippen LogP contribution in [0.5, 0.6) is 0 Å². The second-order valence-corrected chi connectivity index (χ2v) is 6.66. The lowest BCUT2D eigenvalue weighted by Gasteiger charge is -2.19. The van der Waals surface area contributed by atoms with E-state index < -0.39 is 0 Å². The molecule has 0 aliphatic heterocycles. The molecule has 0 aromatic rings. The minimum absolute atomic E-state index is 0.0580. The largest absolute Gasteiger partial charge is 0.460 e. The summed E-state index contributed by atoms with van der Waals surface area (Å²) in [4.78, 5) is 11.5. The summed E-state index contributed by atoms with van der Waals surface area (Å²) in [7, 11) is 0. The number of nitrogens with two attached hydrogens (primary N) is 1. The van der Waals surface area contributed by atoms with E-state index in [4.69, 9.17) is 10.5 Å². The Labute approximate surface area is 125 Å². The molecular weight excluding hydrogens is 250 g/mol. The molecule has 0 radical (unpaired) electrons. The quantitative estimate of drug-likeness (QED) is 0.422. The van der Waals surface area contributed by atoms with Crippen LogP contribution in [0.25, 0.3) is 0 Å². The zero-order valence-corrected chi connectivity index (χ0v) is 13.9. The predicted molar refractivity (Wildman–Crippen MR) is 85.7 cm³/mol. The molecule has 3 heteroatoms. The van der Waals surface area contributed by atoms with Crippen LogP contribution in [0.2, 0.25) is 0 Å². The Morgan fingerprint density at radius 1 is 0.800 bits per heavy atom. The molecule has 120 valence electrons. The molecule has 20 heavy (non-hydrogen) atoms. The van der Waals surface area contributed by atoms with Crippen molar-refractivity contribution >= 4 is 5.97 Å². The van der Waals surface area contributed by atoms with Crippen molar-refractivity contribution in [3.8, 4) is 0 Å². The van der Waals surface area contributed by atoms with Gasteiger partial charge in [0.1, 0.15) is 5.60 Å². The first-order valence-corrected chi connectivity index (χ1v) is 8.37. The van der Waals surface area contributed by atoms with E-state index in [9.17, 15) is 4.79 Å². The zero-order valence-electron chi connectivity index (χ0n) is 13.9. The van der Waals surface area contributed by atoms with Gasteiger partial charge in [-0.15, -0.1) is 0 Å². The molecular formula is C17H35NO2. The number of carbonyl (C=O) groups is 1. The summed E-state index contributed by atoms with van der Waals surface area (Å²) in [5.74, 6) is -0.0580. The SMILES string of the molecule is CC(C)(C)OC(=O)CCCCCCCCCCCCN. The van der Waals surface area contributed by atoms with Crippen molar-refractivity contribution in [2.24, 2.45) is 5.73 Å². The van der Waals surface area contributed by atoms with E-state index >= 15 is 0 Å². The van der Waals surface area contributed by atoms with Gasteiger partial charge in [-0.2, -0.15) is 0 Å². The Morgan fingerprint density at radius 3 is 1.60 bits per heavy atom. The van der Waals surface area contributed by atoms with Gasteiger partial charge in [-0.3, -0.25) is 4.79 Å². The van der Waals surface area contributed by atoms with E-state index in [2.05, 4.69) is 0 Å². The third-order valence-electron chi connectivity index (χ3n) is 3.26. The van der Waals surface area contributed by atoms with Crippen molar-refractivity contribution in [2.45, 2.75) is 97.0 Å². The number of hydrogen-bond acceptors (Lipinski definition) is 3. The summed E-state index contributed by atoms with van der Waals surface area (Å²) in [5.41, 5.74) is 5.11. The highest BCUT2D eigenvalue weighted by Crippen LogP contribution is 2.13. The van der Waals surface area contributed by atoms with Crippen molar-refractivity contribution in [1.29, 1.82) is 0 Å². The molecule has 0 aromatic carbocycles. The van der Waals surface area contributed by atoms with Crippen molar-refractivity contribution in [1.82, 2.24) is 0 Å². The monoisotopic (exact) mass is 285 g/mol. The maximum absolute atomic E-state index is 11.5. The minimum atomic E-state index is -0.346. The maximum atomic E-state index is 11.5. The Hall–Kier alpha value is -0.570. The molecule has 0 bridgehead atoms. The molecule has 3 nitrogen and oxygen atoms in total. The topological polar surface area (TPSA) is 52.3 Å². The molecule has 0 amide bonds. The average Bonchev–Trinajstić information content (AvgIpc) is 2.34. The lowest BCUT2D eigenvalue weighted by Crippen LogP contribution is -2.23. The third-order valence-corrected chi connectivity index (χ3v) is 3.26. The van der Waals surface area contributed by atoms with Crippen LogP contribution in [-0.2, 0) is 9.53 Å². The van der Waals surface area contributed by atoms with Gasteiger partial charge < -0.3 is 10.5 Å². The first kappa shape index (κ1) is 19.4. The van der Waals surface area contributed by atoms with Gasteiger partial charge in [0, 0.05) is 6.42 Å². The maximum Gasteiger partial charge on any atom is 0.306 e. The van der Waals surface area contributed by atoms with Crippen molar-refractivity contribution in [3.63, 3.8) is 0 Å². The summed E-state index contributed by atoms with van der Waals surface area (Å²) in [6, 6.07) is 0. The van der Waals surface area contributed by atoms with Crippen molar-refractivity contribution < 1.29 is 9.53 Å². The molecule has 2 N–H and O–H groups in total. The standard InChI is InChI=1S/C17H35NO2/c1-17(2,3)20-16(19)14-12-10-8-6-4-5-7-9-11-13-15-18/h4-15,18H2,1-3H3. The van der Waals surface area contributed by atoms with Crippen molar-refractivity contribution in [2.75, 3.05) is 6.54 Å². The summed E-state index contributed by atoms with van der Waals surface area (Å²) in [5, 5.41) is 0. The molecule has 0 saturated carbocycles. The van der Waals surface area contributed by atoms with Gasteiger partial charge in [0.2, 0.25) is 0 Å². The number of carbonyl (C=O) groups excluding carboxylic acids is 1. The minimum Gasteiger partial charge on any atom is -0.460 e. The molecule has 0 aliphatic carbocycles. The Kier molecular flexibility index (Phi) is 11.8. The van der Waals surface area contributed by atoms with Crippen molar-refractivity contribution in [3.05, 3.63) is 0 Å². The van der Waals surface area contributed by atoms with E-state index in [0.717, 1.165) is 19.4 Å². The lowest BCUT2D eigenvalue weighted by molar-refractivity contribution is -0.154. The Balaban J connectivity index is 3.19. The predicted octanol–water partition coefficient (Wildman–Crippen LogP) is 4.58. The van der Waals surface area contributed by atoms with Crippen LogP contribution in [0, 0.1) is 0 Å². The summed E-state index contributed by atoms with van der Waals surface area (Å²) < 4.78 is 5.28. The van der Waals surface area contributed by atoms with E-state index in [1.54, 1.807) is 0 Å². The average molecular weight is 285 g/mol. The highest BCUT2D eigenvalue weighted by Gasteiger charge is 2.15. The van der Waals surface area contributed by atoms with Crippen LogP contribution in [0.3, 0.4) is 0 Å². The van der Waals surface area contributed by atoms with Gasteiger partial charge >= 0.3 is 5.97 Å². The molecule has 0 aliphatic rings. The fourth-order valence-electron chi connectivity index (χ4n) is 2.22. The van der Waals surface area contributed by atoms with Crippen LogP contribution in [0.4, 0.5) is 0 Å². The highest BCUT2D eigenvalue weighted by atomic mass is 16.6. The van der Waals surface area contributed by atoms with E-state index in [0.29, 0.717) is 6.42 Å². The van der Waals surface area contributed by atoms with Crippen LogP contribution in [-0.4, -0.2) is 18.1 Å². The number of hydrogen-bond donors (Lipinski definition) is 1. The van der Waals surface area contributed by atoms with E-state index in [1.807, 2.05) is 20.8 Å². The number of esters is 1. The Morgan fingerprint density at radius 2 is 1.20 bits per heavy atom. The molecule has 0 unspecified atom stereocenters. The zero-order chi connectivity index (χ0) is 15.3. The lowest BCUT2D eigenvalue weighted by atomic mass is 10.1. The van der Waals surface area contributed by atoms with Gasteiger partial charge in [-0.25, -0.2) is 0 Å². The molecule has 0 saturated heterocycles. The summed E-state index contributed by atoms with van der Waals surface area (Å²) in [6.07, 6.45) is 13.0. The van der Waals surface area contributed by atoms with E-state index in [1.165, 1.54) is 51.4 Å². The normalized spacial score (nSPS) is 11.6. The summed E-state index contributed by atoms with van der Waals surface area (Å²) >= 11 is 0. The smallest absolute Gasteiger partial charge is 0.306 e. The molecule has 0 fully saturated rings. The number of rotatable bonds is 12. The Bertz CT molecular complexity index is 234. The van der Waals surface area contributed by atoms with Gasteiger partial charge in [0.25, 0.3) is 0 Å². The summed E-state index contributed by atoms with van der Waals surface area (Å²) in [6.45, 7) is 6.58. The fraction of sp³-hybridized carbons (Fsp3) is 0.941. The highest BCUT2D eigenvalue weighted by molar-refractivity contribution is 5.69. The van der Waals surface area contributed by atoms with Crippen LogP contribution in [0.1, 0.15) is 91.4 Å².